The van der Waals surface area contributed by atoms with E-state index in [1.54, 1.807) is 30.5 Å². The van der Waals surface area contributed by atoms with E-state index in [4.69, 9.17) is 11.0 Å². The van der Waals surface area contributed by atoms with Crippen LogP contribution in [0.1, 0.15) is 11.3 Å². The fourth-order valence-corrected chi connectivity index (χ4v) is 1.54. The van der Waals surface area contributed by atoms with E-state index in [2.05, 4.69) is 15.6 Å². The highest BCUT2D eigenvalue weighted by molar-refractivity contribution is 5.91. The molecule has 0 aliphatic heterocycles. The maximum atomic E-state index is 11.8. The van der Waals surface area contributed by atoms with Crippen molar-refractivity contribution in [3.63, 3.8) is 0 Å². The molecule has 0 atom stereocenters. The first-order valence-electron chi connectivity index (χ1n) is 5.61. The van der Waals surface area contributed by atoms with Crippen LogP contribution in [0, 0.1) is 11.3 Å². The minimum atomic E-state index is -0.281. The van der Waals surface area contributed by atoms with Crippen LogP contribution < -0.4 is 11.1 Å². The van der Waals surface area contributed by atoms with Gasteiger partial charge in [0.2, 0.25) is 5.91 Å². The quantitative estimate of drug-likeness (QED) is 0.814. The third kappa shape index (κ3) is 3.14. The molecular weight excluding hydrogens is 244 g/mol. The maximum absolute atomic E-state index is 11.8. The van der Waals surface area contributed by atoms with Gasteiger partial charge >= 0.3 is 0 Å². The first-order valence-corrected chi connectivity index (χ1v) is 5.61. The van der Waals surface area contributed by atoms with E-state index in [0.717, 1.165) is 0 Å². The normalized spacial score (nSPS) is 9.89. The van der Waals surface area contributed by atoms with Crippen molar-refractivity contribution in [3.8, 4) is 6.07 Å². The molecule has 19 heavy (non-hydrogen) atoms. The highest BCUT2D eigenvalue weighted by Crippen LogP contribution is 2.13. The lowest BCUT2D eigenvalue weighted by Crippen LogP contribution is -2.19. The summed E-state index contributed by atoms with van der Waals surface area (Å²) < 4.78 is 1.40. The minimum absolute atomic E-state index is 0.0206. The van der Waals surface area contributed by atoms with Crippen LogP contribution in [0.2, 0.25) is 0 Å². The number of nitrogens with two attached hydrogens (primary N) is 1. The lowest BCUT2D eigenvalue weighted by Gasteiger charge is -2.06. The largest absolute Gasteiger partial charge is 0.325 e. The van der Waals surface area contributed by atoms with Crippen LogP contribution in [-0.2, 0) is 17.9 Å². The Labute approximate surface area is 109 Å². The van der Waals surface area contributed by atoms with Crippen molar-refractivity contribution in [3.05, 3.63) is 41.7 Å². The number of amides is 1. The third-order valence-electron chi connectivity index (χ3n) is 2.42. The second-order valence-electron chi connectivity index (χ2n) is 3.82. The number of carbonyl (C=O) groups excluding carboxylic acids is 1. The molecular formula is C12H12N6O. The molecule has 96 valence electrons. The summed E-state index contributed by atoms with van der Waals surface area (Å²) in [6.07, 6.45) is 1.61. The third-order valence-corrected chi connectivity index (χ3v) is 2.42. The molecule has 0 unspecified atom stereocenters. The molecule has 1 aromatic carbocycles. The van der Waals surface area contributed by atoms with Crippen molar-refractivity contribution in [1.29, 1.82) is 5.26 Å². The number of hydrogen-bond acceptors (Lipinski definition) is 5. The zero-order valence-electron chi connectivity index (χ0n) is 10.1. The number of nitriles is 1. The van der Waals surface area contributed by atoms with E-state index in [1.165, 1.54) is 4.68 Å². The highest BCUT2D eigenvalue weighted by atomic mass is 16.2. The molecule has 3 N–H and O–H groups in total. The summed E-state index contributed by atoms with van der Waals surface area (Å²) in [6, 6.07) is 8.80. The van der Waals surface area contributed by atoms with Gasteiger partial charge in [-0.2, -0.15) is 5.26 Å². The van der Waals surface area contributed by atoms with E-state index in [9.17, 15) is 4.79 Å². The van der Waals surface area contributed by atoms with E-state index < -0.39 is 0 Å². The molecule has 0 aliphatic rings. The molecule has 0 fully saturated rings. The van der Waals surface area contributed by atoms with Gasteiger partial charge in [-0.15, -0.1) is 5.10 Å². The predicted octanol–water partition coefficient (Wildman–Crippen LogP) is 0.247. The maximum Gasteiger partial charge on any atom is 0.246 e. The van der Waals surface area contributed by atoms with Gasteiger partial charge in [-0.1, -0.05) is 17.3 Å². The SMILES string of the molecule is N#Cc1ccccc1NC(=O)Cn1cc(CN)nn1. The van der Waals surface area contributed by atoms with Gasteiger partial charge in [0.1, 0.15) is 12.6 Å². The van der Waals surface area contributed by atoms with Gasteiger partial charge in [-0.3, -0.25) is 4.79 Å². The van der Waals surface area contributed by atoms with E-state index in [-0.39, 0.29) is 19.0 Å². The molecule has 0 bridgehead atoms. The number of carbonyl (C=O) groups is 1. The van der Waals surface area contributed by atoms with Crippen LogP contribution in [0.15, 0.2) is 30.5 Å². The zero-order valence-corrected chi connectivity index (χ0v) is 10.1. The molecule has 1 amide bonds. The van der Waals surface area contributed by atoms with Crippen molar-refractivity contribution in [2.45, 2.75) is 13.1 Å². The number of aromatic nitrogens is 3. The summed E-state index contributed by atoms with van der Waals surface area (Å²) in [5.74, 6) is -0.281. The molecule has 2 aromatic rings. The fourth-order valence-electron chi connectivity index (χ4n) is 1.54. The number of nitrogens with one attached hydrogen (secondary N) is 1. The molecule has 0 saturated carbocycles. The van der Waals surface area contributed by atoms with Gasteiger partial charge in [-0.25, -0.2) is 4.68 Å². The van der Waals surface area contributed by atoms with Crippen molar-refractivity contribution >= 4 is 11.6 Å². The first-order chi connectivity index (χ1) is 9.22. The molecule has 2 rings (SSSR count). The average Bonchev–Trinajstić information content (AvgIpc) is 2.87. The molecule has 7 nitrogen and oxygen atoms in total. The van der Waals surface area contributed by atoms with Crippen LogP contribution in [0.5, 0.6) is 0 Å². The lowest BCUT2D eigenvalue weighted by molar-refractivity contribution is -0.116. The van der Waals surface area contributed by atoms with Crippen LogP contribution in [0.25, 0.3) is 0 Å². The summed E-state index contributed by atoms with van der Waals surface area (Å²) in [5.41, 5.74) is 6.91. The van der Waals surface area contributed by atoms with E-state index in [0.29, 0.717) is 16.9 Å². The van der Waals surface area contributed by atoms with Crippen LogP contribution in [-0.4, -0.2) is 20.9 Å². The molecule has 0 radical (unpaired) electrons. The van der Waals surface area contributed by atoms with E-state index >= 15 is 0 Å². The molecule has 0 aliphatic carbocycles. The van der Waals surface area contributed by atoms with Crippen molar-refractivity contribution < 1.29 is 4.79 Å². The van der Waals surface area contributed by atoms with Gasteiger partial charge in [0.15, 0.2) is 0 Å². The fraction of sp³-hybridized carbons (Fsp3) is 0.167. The molecule has 0 spiro atoms. The Bertz CT molecular complexity index is 627. The smallest absolute Gasteiger partial charge is 0.246 e. The van der Waals surface area contributed by atoms with Crippen LogP contribution in [0.3, 0.4) is 0 Å². The Balaban J connectivity index is 2.03. The Hall–Kier alpha value is -2.72. The van der Waals surface area contributed by atoms with Gasteiger partial charge < -0.3 is 11.1 Å². The Morgan fingerprint density at radius 1 is 1.47 bits per heavy atom. The number of rotatable bonds is 4. The monoisotopic (exact) mass is 256 g/mol. The standard InChI is InChI=1S/C12H12N6O/c13-5-9-3-1-2-4-11(9)15-12(19)8-18-7-10(6-14)16-17-18/h1-4,7H,6,8,14H2,(H,15,19). The summed E-state index contributed by atoms with van der Waals surface area (Å²) in [6.45, 7) is 0.297. The van der Waals surface area contributed by atoms with Crippen LogP contribution >= 0.6 is 0 Å². The summed E-state index contributed by atoms with van der Waals surface area (Å²) >= 11 is 0. The zero-order chi connectivity index (χ0) is 13.7. The van der Waals surface area contributed by atoms with E-state index in [1.807, 2.05) is 6.07 Å². The second kappa shape index (κ2) is 5.75. The van der Waals surface area contributed by atoms with Crippen molar-refractivity contribution in [2.24, 2.45) is 5.73 Å². The predicted molar refractivity (Wildman–Crippen MR) is 67.7 cm³/mol. The summed E-state index contributed by atoms with van der Waals surface area (Å²) in [4.78, 5) is 11.8. The summed E-state index contributed by atoms with van der Waals surface area (Å²) in [7, 11) is 0. The Morgan fingerprint density at radius 3 is 2.95 bits per heavy atom. The number of anilines is 1. The van der Waals surface area contributed by atoms with Crippen molar-refractivity contribution in [1.82, 2.24) is 15.0 Å². The lowest BCUT2D eigenvalue weighted by atomic mass is 10.2. The molecule has 1 aromatic heterocycles. The van der Waals surface area contributed by atoms with Gasteiger partial charge in [0.05, 0.1) is 23.1 Å². The highest BCUT2D eigenvalue weighted by Gasteiger charge is 2.08. The minimum Gasteiger partial charge on any atom is -0.325 e. The van der Waals surface area contributed by atoms with Gasteiger partial charge in [0.25, 0.3) is 0 Å². The molecule has 0 saturated heterocycles. The van der Waals surface area contributed by atoms with Crippen molar-refractivity contribution in [2.75, 3.05) is 5.32 Å². The Morgan fingerprint density at radius 2 is 2.26 bits per heavy atom. The first kappa shape index (κ1) is 12.7. The van der Waals surface area contributed by atoms with Gasteiger partial charge in [0, 0.05) is 6.54 Å². The number of nitrogens with zero attached hydrogens (tertiary/aromatic N) is 4. The second-order valence-corrected chi connectivity index (χ2v) is 3.82. The number of benzene rings is 1. The molecule has 1 heterocycles. The molecule has 7 heteroatoms. The number of hydrogen-bond donors (Lipinski definition) is 2. The number of para-hydroxylation sites is 1. The topological polar surface area (TPSA) is 110 Å². The summed E-state index contributed by atoms with van der Waals surface area (Å²) in [5, 5.41) is 19.1. The Kier molecular flexibility index (Phi) is 3.85. The van der Waals surface area contributed by atoms with Gasteiger partial charge in [-0.05, 0) is 12.1 Å². The average molecular weight is 256 g/mol. The van der Waals surface area contributed by atoms with Crippen LogP contribution in [0.4, 0.5) is 5.69 Å².